The highest BCUT2D eigenvalue weighted by molar-refractivity contribution is 5.84. The molecule has 0 bridgehead atoms. The molecule has 4 aromatic rings. The maximum Gasteiger partial charge on any atom is 0.141 e. The minimum absolute atomic E-state index is 0.171. The zero-order chi connectivity index (χ0) is 27.9. The van der Waals surface area contributed by atoms with E-state index in [0.717, 1.165) is 76.6 Å². The van der Waals surface area contributed by atoms with E-state index in [0.29, 0.717) is 18.9 Å². The van der Waals surface area contributed by atoms with Gasteiger partial charge in [0.05, 0.1) is 14.2 Å². The Labute approximate surface area is 237 Å². The van der Waals surface area contributed by atoms with Gasteiger partial charge in [0.15, 0.2) is 0 Å². The van der Waals surface area contributed by atoms with Crippen LogP contribution >= 0.6 is 0 Å². The summed E-state index contributed by atoms with van der Waals surface area (Å²) in [5.74, 6) is 2.64. The van der Waals surface area contributed by atoms with Crippen LogP contribution in [0.25, 0.3) is 22.3 Å². The van der Waals surface area contributed by atoms with Crippen LogP contribution in [0.1, 0.15) is 24.0 Å². The van der Waals surface area contributed by atoms with Crippen molar-refractivity contribution in [2.45, 2.75) is 31.8 Å². The van der Waals surface area contributed by atoms with Gasteiger partial charge in [0.2, 0.25) is 0 Å². The molecule has 5 heteroatoms. The lowest BCUT2D eigenvalue weighted by atomic mass is 9.97. The number of methoxy groups -OCH3 is 2. The summed E-state index contributed by atoms with van der Waals surface area (Å²) < 4.78 is 17.2. The Kier molecular flexibility index (Phi) is 8.82. The maximum atomic E-state index is 13.0. The van der Waals surface area contributed by atoms with Gasteiger partial charge in [-0.25, -0.2) is 0 Å². The summed E-state index contributed by atoms with van der Waals surface area (Å²) in [7, 11) is 5.47. The van der Waals surface area contributed by atoms with Crippen molar-refractivity contribution >= 4 is 5.78 Å². The number of rotatable bonds is 10. The lowest BCUT2D eigenvalue weighted by Gasteiger charge is -2.29. The minimum Gasteiger partial charge on any atom is -0.497 e. The zero-order valence-electron chi connectivity index (χ0n) is 23.6. The molecule has 40 heavy (non-hydrogen) atoms. The lowest BCUT2D eigenvalue weighted by molar-refractivity contribution is -0.117. The molecule has 0 radical (unpaired) electrons. The molecule has 1 aliphatic rings. The molecule has 1 fully saturated rings. The predicted octanol–water partition coefficient (Wildman–Crippen LogP) is 6.87. The van der Waals surface area contributed by atoms with E-state index in [-0.39, 0.29) is 5.78 Å². The standard InChI is InChI=1S/C35H37NO4/c1-36-19-17-32(18-20-36)40-31-14-12-28(13-15-31)27-10-7-25(8-11-27)21-30(37)22-26-9-16-35(39-3)34(23-26)29-5-4-6-33(24-29)38-2/h4-16,23-24,32H,17-22H2,1-3H3. The molecule has 0 spiro atoms. The highest BCUT2D eigenvalue weighted by atomic mass is 16.5. The number of carbonyl (C=O) groups excluding carboxylic acids is 1. The van der Waals surface area contributed by atoms with E-state index in [4.69, 9.17) is 14.2 Å². The van der Waals surface area contributed by atoms with E-state index < -0.39 is 0 Å². The molecule has 0 unspecified atom stereocenters. The van der Waals surface area contributed by atoms with Gasteiger partial charge in [-0.3, -0.25) is 4.79 Å². The Hall–Kier alpha value is -4.09. The second-order valence-electron chi connectivity index (χ2n) is 10.5. The Morgan fingerprint density at radius 2 is 1.38 bits per heavy atom. The van der Waals surface area contributed by atoms with Crippen LogP contribution in [0.4, 0.5) is 0 Å². The number of hydrogen-bond donors (Lipinski definition) is 0. The van der Waals surface area contributed by atoms with Crippen molar-refractivity contribution in [2.75, 3.05) is 34.4 Å². The van der Waals surface area contributed by atoms with Crippen LogP contribution in [-0.2, 0) is 17.6 Å². The van der Waals surface area contributed by atoms with Crippen LogP contribution in [0, 0.1) is 0 Å². The van der Waals surface area contributed by atoms with Crippen molar-refractivity contribution < 1.29 is 19.0 Å². The molecule has 0 atom stereocenters. The predicted molar refractivity (Wildman–Crippen MR) is 160 cm³/mol. The normalized spacial score (nSPS) is 14.1. The van der Waals surface area contributed by atoms with E-state index >= 15 is 0 Å². The second-order valence-corrected chi connectivity index (χ2v) is 10.5. The molecule has 1 aliphatic heterocycles. The van der Waals surface area contributed by atoms with Crippen LogP contribution in [-0.4, -0.2) is 51.1 Å². The fourth-order valence-electron chi connectivity index (χ4n) is 5.24. The number of piperidine rings is 1. The summed E-state index contributed by atoms with van der Waals surface area (Å²) in [5.41, 5.74) is 6.17. The van der Waals surface area contributed by atoms with Crippen molar-refractivity contribution in [3.8, 4) is 39.5 Å². The van der Waals surface area contributed by atoms with Gasteiger partial charge in [-0.1, -0.05) is 54.6 Å². The summed E-state index contributed by atoms with van der Waals surface area (Å²) in [6.45, 7) is 2.17. The average molecular weight is 536 g/mol. The number of hydrogen-bond acceptors (Lipinski definition) is 5. The van der Waals surface area contributed by atoms with Crippen LogP contribution in [0.2, 0.25) is 0 Å². The molecule has 0 aromatic heterocycles. The summed E-state index contributed by atoms with van der Waals surface area (Å²) in [6.07, 6.45) is 3.19. The first kappa shape index (κ1) is 27.5. The minimum atomic E-state index is 0.171. The van der Waals surface area contributed by atoms with Gasteiger partial charge in [0.1, 0.15) is 29.1 Å². The fourth-order valence-corrected chi connectivity index (χ4v) is 5.24. The van der Waals surface area contributed by atoms with Crippen molar-refractivity contribution in [3.05, 3.63) is 102 Å². The number of Topliss-reactive ketones (excluding diaryl/α,β-unsaturated/α-hetero) is 1. The Balaban J connectivity index is 1.20. The van der Waals surface area contributed by atoms with E-state index in [9.17, 15) is 4.79 Å². The molecule has 0 N–H and O–H groups in total. The molecular formula is C35H37NO4. The molecule has 4 aromatic carbocycles. The van der Waals surface area contributed by atoms with E-state index in [2.05, 4.69) is 48.3 Å². The van der Waals surface area contributed by atoms with Crippen LogP contribution < -0.4 is 14.2 Å². The van der Waals surface area contributed by atoms with Crippen molar-refractivity contribution in [1.29, 1.82) is 0 Å². The fraction of sp³-hybridized carbons (Fsp3) is 0.286. The van der Waals surface area contributed by atoms with Crippen LogP contribution in [0.3, 0.4) is 0 Å². The number of ether oxygens (including phenoxy) is 3. The number of carbonyl (C=O) groups is 1. The Morgan fingerprint density at radius 3 is 2.05 bits per heavy atom. The maximum absolute atomic E-state index is 13.0. The summed E-state index contributed by atoms with van der Waals surface area (Å²) in [5, 5.41) is 0. The first-order chi connectivity index (χ1) is 19.5. The topological polar surface area (TPSA) is 48.0 Å². The van der Waals surface area contributed by atoms with Gasteiger partial charge in [0.25, 0.3) is 0 Å². The average Bonchev–Trinajstić information content (AvgIpc) is 2.99. The highest BCUT2D eigenvalue weighted by Gasteiger charge is 2.18. The first-order valence-electron chi connectivity index (χ1n) is 13.9. The van der Waals surface area contributed by atoms with E-state index in [1.807, 2.05) is 54.6 Å². The number of ketones is 1. The van der Waals surface area contributed by atoms with Gasteiger partial charge >= 0.3 is 0 Å². The molecule has 1 saturated heterocycles. The second kappa shape index (κ2) is 12.8. The van der Waals surface area contributed by atoms with Crippen LogP contribution in [0.5, 0.6) is 17.2 Å². The van der Waals surface area contributed by atoms with Crippen LogP contribution in [0.15, 0.2) is 91.0 Å². The SMILES string of the molecule is COc1cccc(-c2cc(CC(=O)Cc3ccc(-c4ccc(OC5CCN(C)CC5)cc4)cc3)ccc2OC)c1. The Bertz CT molecular complexity index is 1420. The van der Waals surface area contributed by atoms with Gasteiger partial charge in [-0.05, 0) is 84.1 Å². The van der Waals surface area contributed by atoms with Gasteiger partial charge in [-0.15, -0.1) is 0 Å². The molecular weight excluding hydrogens is 498 g/mol. The molecule has 0 aliphatic carbocycles. The van der Waals surface area contributed by atoms with E-state index in [1.165, 1.54) is 0 Å². The summed E-state index contributed by atoms with van der Waals surface area (Å²) in [4.78, 5) is 15.3. The largest absolute Gasteiger partial charge is 0.497 e. The third-order valence-corrected chi connectivity index (χ3v) is 7.56. The number of likely N-dealkylation sites (tertiary alicyclic amines) is 1. The van der Waals surface area contributed by atoms with Gasteiger partial charge in [-0.2, -0.15) is 0 Å². The highest BCUT2D eigenvalue weighted by Crippen LogP contribution is 2.33. The molecule has 5 nitrogen and oxygen atoms in total. The van der Waals surface area contributed by atoms with Crippen molar-refractivity contribution in [3.63, 3.8) is 0 Å². The smallest absolute Gasteiger partial charge is 0.141 e. The van der Waals surface area contributed by atoms with E-state index in [1.54, 1.807) is 14.2 Å². The molecule has 1 heterocycles. The molecule has 5 rings (SSSR count). The van der Waals surface area contributed by atoms with Gasteiger partial charge < -0.3 is 19.1 Å². The zero-order valence-corrected chi connectivity index (χ0v) is 23.6. The third-order valence-electron chi connectivity index (χ3n) is 7.56. The number of nitrogens with zero attached hydrogens (tertiary/aromatic N) is 1. The third kappa shape index (κ3) is 6.91. The Morgan fingerprint density at radius 1 is 0.725 bits per heavy atom. The molecule has 206 valence electrons. The summed E-state index contributed by atoms with van der Waals surface area (Å²) in [6, 6.07) is 30.4. The molecule has 0 saturated carbocycles. The quantitative estimate of drug-likeness (QED) is 0.222. The van der Waals surface area contributed by atoms with Crippen molar-refractivity contribution in [2.24, 2.45) is 0 Å². The summed E-state index contributed by atoms with van der Waals surface area (Å²) >= 11 is 0. The van der Waals surface area contributed by atoms with Crippen molar-refractivity contribution in [1.82, 2.24) is 4.90 Å². The number of benzene rings is 4. The van der Waals surface area contributed by atoms with Gasteiger partial charge in [0, 0.05) is 31.5 Å². The monoisotopic (exact) mass is 535 g/mol. The molecule has 0 amide bonds. The lowest BCUT2D eigenvalue weighted by Crippen LogP contribution is -2.35. The first-order valence-corrected chi connectivity index (χ1v) is 13.9.